The molecule has 41 heavy (non-hydrogen) atoms. The smallest absolute Gasteiger partial charge is 0.253 e. The van der Waals surface area contributed by atoms with E-state index in [2.05, 4.69) is 46.7 Å². The van der Waals surface area contributed by atoms with Crippen LogP contribution in [0.15, 0.2) is 66.9 Å². The maximum atomic E-state index is 13.6. The summed E-state index contributed by atoms with van der Waals surface area (Å²) in [4.78, 5) is 19.2. The van der Waals surface area contributed by atoms with E-state index in [0.29, 0.717) is 17.5 Å². The van der Waals surface area contributed by atoms with Gasteiger partial charge in [0.2, 0.25) is 0 Å². The van der Waals surface area contributed by atoms with Gasteiger partial charge in [-0.3, -0.25) is 4.79 Å². The van der Waals surface area contributed by atoms with Crippen LogP contribution in [0, 0.1) is 13.8 Å². The summed E-state index contributed by atoms with van der Waals surface area (Å²) in [6.07, 6.45) is -4.01. The van der Waals surface area contributed by atoms with Crippen molar-refractivity contribution in [2.45, 2.75) is 51.0 Å². The summed E-state index contributed by atoms with van der Waals surface area (Å²) in [5.41, 5.74) is 4.19. The fourth-order valence-electron chi connectivity index (χ4n) is 5.56. The quantitative estimate of drug-likeness (QED) is 0.211. The van der Waals surface area contributed by atoms with Crippen molar-refractivity contribution in [1.82, 2.24) is 14.9 Å². The van der Waals surface area contributed by atoms with E-state index in [-0.39, 0.29) is 0 Å². The zero-order chi connectivity index (χ0) is 28.8. The molecule has 1 fully saturated rings. The van der Waals surface area contributed by atoms with Crippen molar-refractivity contribution < 1.29 is 30.0 Å². The summed E-state index contributed by atoms with van der Waals surface area (Å²) in [5, 5.41) is 47.2. The lowest BCUT2D eigenvalue weighted by molar-refractivity contribution is -0.252. The number of carbonyl (C=O) groups excluding carboxylic acids is 1. The number of aromatic nitrogens is 2. The average Bonchev–Trinajstić information content (AvgIpc) is 3.50. The number of carbonyl (C=O) groups is 1. The lowest BCUT2D eigenvalue weighted by Crippen LogP contribution is -2.64. The number of amides is 1. The number of ether oxygens (including phenoxy) is 1. The van der Waals surface area contributed by atoms with Crippen LogP contribution in [0.5, 0.6) is 0 Å². The van der Waals surface area contributed by atoms with Crippen molar-refractivity contribution in [3.8, 4) is 10.4 Å². The molecule has 212 valence electrons. The van der Waals surface area contributed by atoms with E-state index >= 15 is 0 Å². The standard InChI is InChI=1S/C31H31N3O6S/c1-16-29(41-17(2)32-16)21-9-10-22-23(30(38)33-26-28(37)27(36)25(15-35)40-31(26)39)14-34(24(22)12-21)13-18-7-8-19-5-3-4-6-20(19)11-18/h3-12,14,25-28,31,35-37,39H,13,15H2,1-2H3,(H,33,38)/t25-,26-,27-,28?,31?/m1/s1. The SMILES string of the molecule is Cc1nc(C)c(-c2ccc3c(C(=O)N[C@H]4C(O)O[C@H](CO)[C@@H](O)C4O)cn(Cc4ccc5ccccc5c4)c3c2)s1. The van der Waals surface area contributed by atoms with Gasteiger partial charge in [-0.2, -0.15) is 0 Å². The van der Waals surface area contributed by atoms with Crippen molar-refractivity contribution in [1.29, 1.82) is 0 Å². The lowest BCUT2D eigenvalue weighted by atomic mass is 9.96. The maximum absolute atomic E-state index is 13.6. The summed E-state index contributed by atoms with van der Waals surface area (Å²) in [6, 6.07) is 19.0. The van der Waals surface area contributed by atoms with Crippen LogP contribution >= 0.6 is 11.3 Å². The summed E-state index contributed by atoms with van der Waals surface area (Å²) < 4.78 is 7.24. The monoisotopic (exact) mass is 573 g/mol. The van der Waals surface area contributed by atoms with E-state index in [9.17, 15) is 25.2 Å². The van der Waals surface area contributed by atoms with Crippen molar-refractivity contribution in [2.75, 3.05) is 6.61 Å². The largest absolute Gasteiger partial charge is 0.394 e. The lowest BCUT2D eigenvalue weighted by Gasteiger charge is -2.40. The number of hydrogen-bond donors (Lipinski definition) is 5. The molecule has 2 aromatic heterocycles. The predicted molar refractivity (Wildman–Crippen MR) is 157 cm³/mol. The third-order valence-corrected chi connectivity index (χ3v) is 8.78. The number of fused-ring (bicyclic) bond motifs is 2. The van der Waals surface area contributed by atoms with Gasteiger partial charge in [-0.05, 0) is 47.9 Å². The molecular weight excluding hydrogens is 542 g/mol. The number of aliphatic hydroxyl groups is 4. The number of thiazole rings is 1. The number of nitrogens with zero attached hydrogens (tertiary/aromatic N) is 2. The fourth-order valence-corrected chi connectivity index (χ4v) is 6.48. The molecule has 5 N–H and O–H groups in total. The maximum Gasteiger partial charge on any atom is 0.253 e. The summed E-state index contributed by atoms with van der Waals surface area (Å²) in [7, 11) is 0. The van der Waals surface area contributed by atoms with Crippen molar-refractivity contribution in [3.05, 3.63) is 88.7 Å². The Morgan fingerprint density at radius 3 is 2.54 bits per heavy atom. The number of nitrogens with one attached hydrogen (secondary N) is 1. The van der Waals surface area contributed by atoms with Gasteiger partial charge in [0.25, 0.3) is 5.91 Å². The Labute approximate surface area is 240 Å². The van der Waals surface area contributed by atoms with Gasteiger partial charge in [0, 0.05) is 23.6 Å². The van der Waals surface area contributed by atoms with E-state index in [0.717, 1.165) is 43.0 Å². The van der Waals surface area contributed by atoms with Crippen LogP contribution in [-0.4, -0.2) is 73.1 Å². The molecule has 3 heterocycles. The first-order valence-electron chi connectivity index (χ1n) is 13.4. The topological polar surface area (TPSA) is 137 Å². The minimum atomic E-state index is -1.61. The highest BCUT2D eigenvalue weighted by molar-refractivity contribution is 7.15. The second-order valence-electron chi connectivity index (χ2n) is 10.5. The molecular formula is C31H31N3O6S. The number of hydrogen-bond acceptors (Lipinski definition) is 8. The molecule has 1 amide bonds. The third-order valence-electron chi connectivity index (χ3n) is 7.66. The van der Waals surface area contributed by atoms with Gasteiger partial charge < -0.3 is 35.0 Å². The molecule has 1 aliphatic rings. The van der Waals surface area contributed by atoms with Crippen LogP contribution in [0.1, 0.15) is 26.6 Å². The first kappa shape index (κ1) is 27.5. The van der Waals surface area contributed by atoms with Gasteiger partial charge in [0.1, 0.15) is 24.4 Å². The van der Waals surface area contributed by atoms with E-state index in [1.807, 2.05) is 42.7 Å². The van der Waals surface area contributed by atoms with Crippen LogP contribution in [0.2, 0.25) is 0 Å². The average molecular weight is 574 g/mol. The van der Waals surface area contributed by atoms with Crippen LogP contribution in [-0.2, 0) is 11.3 Å². The number of aliphatic hydroxyl groups excluding tert-OH is 4. The highest BCUT2D eigenvalue weighted by Crippen LogP contribution is 2.34. The Morgan fingerprint density at radius 2 is 1.80 bits per heavy atom. The van der Waals surface area contributed by atoms with Crippen LogP contribution in [0.25, 0.3) is 32.1 Å². The van der Waals surface area contributed by atoms with E-state index in [1.165, 1.54) is 0 Å². The second-order valence-corrected chi connectivity index (χ2v) is 11.7. The summed E-state index contributed by atoms with van der Waals surface area (Å²) in [6.45, 7) is 3.88. The minimum Gasteiger partial charge on any atom is -0.394 e. The van der Waals surface area contributed by atoms with Gasteiger partial charge in [0.05, 0.1) is 27.7 Å². The first-order valence-corrected chi connectivity index (χ1v) is 14.2. The Balaban J connectivity index is 1.39. The number of rotatable bonds is 6. The zero-order valence-corrected chi connectivity index (χ0v) is 23.4. The van der Waals surface area contributed by atoms with Gasteiger partial charge in [0.15, 0.2) is 6.29 Å². The highest BCUT2D eigenvalue weighted by atomic mass is 32.1. The molecule has 1 saturated heterocycles. The molecule has 0 aliphatic carbocycles. The van der Waals surface area contributed by atoms with E-state index in [4.69, 9.17) is 4.74 Å². The zero-order valence-electron chi connectivity index (χ0n) is 22.6. The molecule has 3 aromatic carbocycles. The Kier molecular flexibility index (Phi) is 7.37. The van der Waals surface area contributed by atoms with E-state index < -0.39 is 43.2 Å². The first-order chi connectivity index (χ1) is 19.7. The Morgan fingerprint density at radius 1 is 1.02 bits per heavy atom. The molecule has 1 aliphatic heterocycles. The molecule has 0 saturated carbocycles. The number of aryl methyl sites for hydroxylation is 2. The molecule has 2 unspecified atom stereocenters. The summed E-state index contributed by atoms with van der Waals surface area (Å²) in [5.74, 6) is -0.536. The molecule has 0 radical (unpaired) electrons. The molecule has 10 heteroatoms. The van der Waals surface area contributed by atoms with Crippen LogP contribution in [0.4, 0.5) is 0 Å². The molecule has 0 spiro atoms. The van der Waals surface area contributed by atoms with Crippen molar-refractivity contribution in [2.24, 2.45) is 0 Å². The molecule has 9 nitrogen and oxygen atoms in total. The molecule has 0 bridgehead atoms. The summed E-state index contributed by atoms with van der Waals surface area (Å²) >= 11 is 1.62. The van der Waals surface area contributed by atoms with Gasteiger partial charge in [-0.25, -0.2) is 4.98 Å². The van der Waals surface area contributed by atoms with Gasteiger partial charge >= 0.3 is 0 Å². The molecule has 5 atom stereocenters. The third kappa shape index (κ3) is 5.14. The fraction of sp³-hybridized carbons (Fsp3) is 0.290. The van der Waals surface area contributed by atoms with E-state index in [1.54, 1.807) is 17.5 Å². The minimum absolute atomic E-state index is 0.350. The Bertz CT molecular complexity index is 1750. The van der Waals surface area contributed by atoms with Crippen LogP contribution < -0.4 is 5.32 Å². The van der Waals surface area contributed by atoms with Crippen LogP contribution in [0.3, 0.4) is 0 Å². The predicted octanol–water partition coefficient (Wildman–Crippen LogP) is 3.11. The molecule has 5 aromatic rings. The van der Waals surface area contributed by atoms with Crippen molar-refractivity contribution >= 4 is 38.9 Å². The normalized spacial score (nSPS) is 22.8. The number of benzene rings is 3. The van der Waals surface area contributed by atoms with Crippen molar-refractivity contribution in [3.63, 3.8) is 0 Å². The highest BCUT2D eigenvalue weighted by Gasteiger charge is 2.44. The Hall–Kier alpha value is -3.64. The van der Waals surface area contributed by atoms with Gasteiger partial charge in [-0.1, -0.05) is 48.5 Å². The van der Waals surface area contributed by atoms with Gasteiger partial charge in [-0.15, -0.1) is 11.3 Å². The second kappa shape index (κ2) is 11.0. The molecule has 6 rings (SSSR count).